The number of benzene rings is 1. The van der Waals surface area contributed by atoms with Gasteiger partial charge in [0.05, 0.1) is 35.5 Å². The number of hydrogen-bond donors (Lipinski definition) is 1. The largest absolute Gasteiger partial charge is 0.492 e. The summed E-state index contributed by atoms with van der Waals surface area (Å²) in [6.45, 7) is 2.63. The smallest absolute Gasteiger partial charge is 0.264 e. The van der Waals surface area contributed by atoms with Gasteiger partial charge < -0.3 is 10.1 Å². The van der Waals surface area contributed by atoms with Crippen molar-refractivity contribution in [2.45, 2.75) is 13.5 Å². The van der Waals surface area contributed by atoms with E-state index in [9.17, 15) is 10.1 Å². The van der Waals surface area contributed by atoms with Crippen molar-refractivity contribution in [2.24, 2.45) is 4.99 Å². The number of thioether (sulfide) groups is 1. The van der Waals surface area contributed by atoms with Crippen LogP contribution >= 0.6 is 11.8 Å². The predicted octanol–water partition coefficient (Wildman–Crippen LogP) is 3.06. The van der Waals surface area contributed by atoms with Crippen LogP contribution in [-0.4, -0.2) is 32.6 Å². The predicted molar refractivity (Wildman–Crippen MR) is 115 cm³/mol. The monoisotopic (exact) mass is 416 g/mol. The van der Waals surface area contributed by atoms with E-state index < -0.39 is 0 Å². The van der Waals surface area contributed by atoms with E-state index in [1.807, 2.05) is 25.1 Å². The van der Waals surface area contributed by atoms with Gasteiger partial charge in [-0.05, 0) is 42.5 Å². The Hall–Kier alpha value is -3.77. The minimum absolute atomic E-state index is 0.216. The van der Waals surface area contributed by atoms with E-state index >= 15 is 0 Å². The van der Waals surface area contributed by atoms with Crippen molar-refractivity contribution in [2.75, 3.05) is 6.61 Å². The first-order valence-corrected chi connectivity index (χ1v) is 9.95. The number of amidine groups is 1. The fraction of sp³-hybridized carbons (Fsp3) is 0.143. The van der Waals surface area contributed by atoms with Crippen LogP contribution in [0.5, 0.6) is 5.75 Å². The molecule has 8 nitrogen and oxygen atoms in total. The summed E-state index contributed by atoms with van der Waals surface area (Å²) >= 11 is 1.26. The molecule has 2 aromatic heterocycles. The lowest BCUT2D eigenvalue weighted by Gasteiger charge is -2.09. The second-order valence-electron chi connectivity index (χ2n) is 6.21. The Morgan fingerprint density at radius 2 is 2.20 bits per heavy atom. The zero-order valence-electron chi connectivity index (χ0n) is 16.0. The number of nitrogens with zero attached hydrogens (tertiary/aromatic N) is 5. The summed E-state index contributed by atoms with van der Waals surface area (Å²) in [5.74, 6) is 0.284. The normalized spacial score (nSPS) is 16.1. The van der Waals surface area contributed by atoms with Gasteiger partial charge in [0, 0.05) is 24.0 Å². The maximum Gasteiger partial charge on any atom is 0.264 e. The number of ether oxygens (including phenoxy) is 1. The van der Waals surface area contributed by atoms with Crippen LogP contribution in [-0.2, 0) is 11.3 Å². The summed E-state index contributed by atoms with van der Waals surface area (Å²) in [7, 11) is 0. The Morgan fingerprint density at radius 1 is 1.30 bits per heavy atom. The molecule has 9 heteroatoms. The van der Waals surface area contributed by atoms with Crippen molar-refractivity contribution in [3.63, 3.8) is 0 Å². The van der Waals surface area contributed by atoms with Gasteiger partial charge in [0.1, 0.15) is 17.4 Å². The maximum absolute atomic E-state index is 12.3. The summed E-state index contributed by atoms with van der Waals surface area (Å²) in [6, 6.07) is 7.68. The van der Waals surface area contributed by atoms with Gasteiger partial charge in [-0.3, -0.25) is 24.7 Å². The highest BCUT2D eigenvalue weighted by molar-refractivity contribution is 8.18. The summed E-state index contributed by atoms with van der Waals surface area (Å²) < 4.78 is 5.68. The highest BCUT2D eigenvalue weighted by Gasteiger charge is 2.23. The number of carbonyl (C=O) groups excluding carboxylic acids is 1. The van der Waals surface area contributed by atoms with Gasteiger partial charge in [-0.1, -0.05) is 6.07 Å². The van der Waals surface area contributed by atoms with E-state index in [0.29, 0.717) is 40.1 Å². The number of rotatable bonds is 5. The second-order valence-corrected chi connectivity index (χ2v) is 7.24. The zero-order chi connectivity index (χ0) is 20.9. The molecular formula is C21H16N6O2S. The lowest BCUT2D eigenvalue weighted by Crippen LogP contribution is -2.19. The molecule has 148 valence electrons. The molecule has 0 radical (unpaired) electrons. The molecule has 3 heterocycles. The van der Waals surface area contributed by atoms with Crippen LogP contribution < -0.4 is 10.1 Å². The first-order valence-electron chi connectivity index (χ1n) is 9.14. The molecule has 0 bridgehead atoms. The minimum Gasteiger partial charge on any atom is -0.492 e. The van der Waals surface area contributed by atoms with E-state index in [0.717, 1.165) is 16.6 Å². The molecule has 1 amide bonds. The Bertz CT molecular complexity index is 1220. The van der Waals surface area contributed by atoms with Gasteiger partial charge in [-0.15, -0.1) is 0 Å². The third-order valence-corrected chi connectivity index (χ3v) is 5.15. The van der Waals surface area contributed by atoms with Crippen LogP contribution in [0.2, 0.25) is 0 Å². The van der Waals surface area contributed by atoms with E-state index in [1.54, 1.807) is 24.7 Å². The average molecular weight is 416 g/mol. The molecule has 1 N–H and O–H groups in total. The van der Waals surface area contributed by atoms with Crippen molar-refractivity contribution in [1.82, 2.24) is 20.3 Å². The van der Waals surface area contributed by atoms with Crippen molar-refractivity contribution >= 4 is 39.8 Å². The first-order chi connectivity index (χ1) is 14.7. The Labute approximate surface area is 176 Å². The first kappa shape index (κ1) is 19.5. The average Bonchev–Trinajstić information content (AvgIpc) is 3.12. The van der Waals surface area contributed by atoms with Crippen LogP contribution in [0.3, 0.4) is 0 Å². The fourth-order valence-corrected chi connectivity index (χ4v) is 3.69. The molecule has 0 saturated carbocycles. The fourth-order valence-electron chi connectivity index (χ4n) is 2.87. The van der Waals surface area contributed by atoms with E-state index in [2.05, 4.69) is 31.3 Å². The zero-order valence-corrected chi connectivity index (χ0v) is 16.8. The second kappa shape index (κ2) is 8.71. The number of aliphatic imine (C=N–C) groups is 1. The number of amides is 1. The van der Waals surface area contributed by atoms with Gasteiger partial charge in [-0.25, -0.2) is 0 Å². The Kier molecular flexibility index (Phi) is 5.68. The van der Waals surface area contributed by atoms with Crippen molar-refractivity contribution in [3.8, 4) is 11.8 Å². The number of pyridine rings is 1. The van der Waals surface area contributed by atoms with Crippen LogP contribution in [0.15, 0.2) is 52.9 Å². The summed E-state index contributed by atoms with van der Waals surface area (Å²) in [4.78, 5) is 29.7. The molecule has 0 aliphatic carbocycles. The lowest BCUT2D eigenvalue weighted by atomic mass is 10.1. The highest BCUT2D eigenvalue weighted by atomic mass is 32.2. The van der Waals surface area contributed by atoms with Crippen LogP contribution in [0.4, 0.5) is 0 Å². The van der Waals surface area contributed by atoms with Gasteiger partial charge in [0.15, 0.2) is 5.17 Å². The number of aromatic nitrogens is 3. The molecule has 1 fully saturated rings. The molecule has 0 atom stereocenters. The standard InChI is InChI=1S/C21H16N6O2S/c1-2-29-19-14(9-22)10-25-17-4-3-13(7-16(17)19)8-18-20(28)27-21(30-18)26-12-15-11-23-5-6-24-15/h3-8,10-11H,2,12H2,1H3,(H,26,27,28)/b18-8-. The van der Waals surface area contributed by atoms with Gasteiger partial charge >= 0.3 is 0 Å². The van der Waals surface area contributed by atoms with Crippen LogP contribution in [0.25, 0.3) is 17.0 Å². The molecular weight excluding hydrogens is 400 g/mol. The maximum atomic E-state index is 12.3. The third kappa shape index (κ3) is 4.14. The lowest BCUT2D eigenvalue weighted by molar-refractivity contribution is -0.115. The number of hydrogen-bond acceptors (Lipinski definition) is 8. The van der Waals surface area contributed by atoms with E-state index in [1.165, 1.54) is 18.0 Å². The van der Waals surface area contributed by atoms with Crippen LogP contribution in [0, 0.1) is 11.3 Å². The quantitative estimate of drug-likeness (QED) is 0.636. The molecule has 1 saturated heterocycles. The van der Waals surface area contributed by atoms with E-state index in [-0.39, 0.29) is 5.91 Å². The third-order valence-electron chi connectivity index (χ3n) is 4.20. The number of fused-ring (bicyclic) bond motifs is 1. The van der Waals surface area contributed by atoms with Gasteiger partial charge in [0.25, 0.3) is 5.91 Å². The van der Waals surface area contributed by atoms with Crippen LogP contribution in [0.1, 0.15) is 23.7 Å². The summed E-state index contributed by atoms with van der Waals surface area (Å²) in [6.07, 6.45) is 8.12. The highest BCUT2D eigenvalue weighted by Crippen LogP contribution is 2.31. The molecule has 1 aliphatic rings. The molecule has 1 aromatic carbocycles. The Balaban J connectivity index is 1.62. The molecule has 3 aromatic rings. The number of carbonyl (C=O) groups is 1. The van der Waals surface area contributed by atoms with Crippen molar-refractivity contribution < 1.29 is 9.53 Å². The molecule has 0 unspecified atom stereocenters. The van der Waals surface area contributed by atoms with Gasteiger partial charge in [0.2, 0.25) is 0 Å². The topological polar surface area (TPSA) is 113 Å². The Morgan fingerprint density at radius 3 is 2.97 bits per heavy atom. The van der Waals surface area contributed by atoms with Crippen molar-refractivity contribution in [1.29, 1.82) is 5.26 Å². The molecule has 0 spiro atoms. The van der Waals surface area contributed by atoms with E-state index in [4.69, 9.17) is 4.74 Å². The van der Waals surface area contributed by atoms with Gasteiger partial charge in [-0.2, -0.15) is 5.26 Å². The minimum atomic E-state index is -0.216. The molecule has 4 rings (SSSR count). The number of nitrogens with one attached hydrogen (secondary N) is 1. The molecule has 30 heavy (non-hydrogen) atoms. The molecule has 1 aliphatic heterocycles. The summed E-state index contributed by atoms with van der Waals surface area (Å²) in [5, 5.41) is 13.3. The SMILES string of the molecule is CCOc1c(C#N)cnc2ccc(/C=C3\SC(=NCc4cnccn4)NC3=O)cc12. The van der Waals surface area contributed by atoms with Crippen molar-refractivity contribution in [3.05, 3.63) is 64.7 Å². The summed E-state index contributed by atoms with van der Waals surface area (Å²) in [5.41, 5.74) is 2.61. The number of nitriles is 1.